The maximum Gasteiger partial charge on any atom is 0.224 e. The van der Waals surface area contributed by atoms with Gasteiger partial charge in [-0.05, 0) is 13.8 Å². The molecule has 0 unspecified atom stereocenters. The molecule has 1 rings (SSSR count). The molecule has 1 heterocycles. The molecule has 4 N–H and O–H groups in total. The second-order valence-corrected chi connectivity index (χ2v) is 4.30. The molecule has 0 aliphatic rings. The average Bonchev–Trinajstić information content (AvgIpc) is 2.48. The second kappa shape index (κ2) is 8.31. The predicted octanol–water partition coefficient (Wildman–Crippen LogP) is 0.995. The van der Waals surface area contributed by atoms with Gasteiger partial charge in [0, 0.05) is 38.5 Å². The number of hydrazine groups is 1. The summed E-state index contributed by atoms with van der Waals surface area (Å²) < 4.78 is 0. The Bertz CT molecular complexity index is 411. The Morgan fingerprint density at radius 2 is 1.90 bits per heavy atom. The summed E-state index contributed by atoms with van der Waals surface area (Å²) in [6.07, 6.45) is 1.17. The molecule has 1 amide bonds. The number of carbonyl (C=O) groups is 1. The first-order chi connectivity index (χ1) is 9.64. The molecule has 0 radical (unpaired) electrons. The van der Waals surface area contributed by atoms with Crippen molar-refractivity contribution in [2.75, 3.05) is 30.4 Å². The third-order valence-corrected chi connectivity index (χ3v) is 3.00. The summed E-state index contributed by atoms with van der Waals surface area (Å²) in [7, 11) is 0. The van der Waals surface area contributed by atoms with Crippen molar-refractivity contribution in [2.45, 2.75) is 33.6 Å². The molecule has 7 nitrogen and oxygen atoms in total. The molecule has 1 aromatic heterocycles. The number of hydrogen-bond donors (Lipinski definition) is 3. The van der Waals surface area contributed by atoms with Crippen molar-refractivity contribution in [2.24, 2.45) is 5.84 Å². The Morgan fingerprint density at radius 3 is 2.45 bits per heavy atom. The number of aromatic nitrogens is 2. The third kappa shape index (κ3) is 4.65. The fourth-order valence-corrected chi connectivity index (χ4v) is 1.85. The highest BCUT2D eigenvalue weighted by Crippen LogP contribution is 2.10. The molecule has 112 valence electrons. The van der Waals surface area contributed by atoms with Gasteiger partial charge in [0.1, 0.15) is 17.5 Å². The summed E-state index contributed by atoms with van der Waals surface area (Å²) in [5, 5.41) is 3.13. The molecule has 1 aromatic rings. The van der Waals surface area contributed by atoms with Crippen LogP contribution in [-0.4, -0.2) is 40.4 Å². The number of amides is 1. The zero-order valence-corrected chi connectivity index (χ0v) is 12.4. The predicted molar refractivity (Wildman–Crippen MR) is 80.3 cm³/mol. The van der Waals surface area contributed by atoms with Crippen LogP contribution in [0.1, 0.15) is 33.0 Å². The normalized spacial score (nSPS) is 10.2. The maximum absolute atomic E-state index is 11.9. The zero-order chi connectivity index (χ0) is 15.0. The van der Waals surface area contributed by atoms with Crippen molar-refractivity contribution in [3.63, 3.8) is 0 Å². The standard InChI is InChI=1S/C13H24N6O/c1-4-10-16-11(9-12(17-10)18-14)15-8-7-13(20)19(5-2)6-3/h9H,4-8,14H2,1-3H3,(H2,15,16,17,18). The smallest absolute Gasteiger partial charge is 0.224 e. The molecule has 0 aromatic carbocycles. The van der Waals surface area contributed by atoms with Gasteiger partial charge in [0.2, 0.25) is 5.91 Å². The fourth-order valence-electron chi connectivity index (χ4n) is 1.85. The summed E-state index contributed by atoms with van der Waals surface area (Å²) in [5.41, 5.74) is 2.51. The van der Waals surface area contributed by atoms with E-state index in [1.807, 2.05) is 25.7 Å². The van der Waals surface area contributed by atoms with E-state index in [2.05, 4.69) is 20.7 Å². The molecule has 0 atom stereocenters. The van der Waals surface area contributed by atoms with Gasteiger partial charge < -0.3 is 15.6 Å². The van der Waals surface area contributed by atoms with Gasteiger partial charge in [-0.15, -0.1) is 0 Å². The Morgan fingerprint density at radius 1 is 1.25 bits per heavy atom. The van der Waals surface area contributed by atoms with Gasteiger partial charge >= 0.3 is 0 Å². The van der Waals surface area contributed by atoms with E-state index < -0.39 is 0 Å². The van der Waals surface area contributed by atoms with E-state index in [-0.39, 0.29) is 5.91 Å². The Balaban J connectivity index is 2.55. The van der Waals surface area contributed by atoms with Gasteiger partial charge in [0.25, 0.3) is 0 Å². The molecule has 0 saturated carbocycles. The van der Waals surface area contributed by atoms with Crippen molar-refractivity contribution < 1.29 is 4.79 Å². The fraction of sp³-hybridized carbons (Fsp3) is 0.615. The van der Waals surface area contributed by atoms with Gasteiger partial charge in [-0.3, -0.25) is 4.79 Å². The first-order valence-corrected chi connectivity index (χ1v) is 7.00. The summed E-state index contributed by atoms with van der Waals surface area (Å²) in [4.78, 5) is 22.2. The molecule has 0 bridgehead atoms. The second-order valence-electron chi connectivity index (χ2n) is 4.30. The highest BCUT2D eigenvalue weighted by atomic mass is 16.2. The topological polar surface area (TPSA) is 96.2 Å². The number of nitrogens with one attached hydrogen (secondary N) is 2. The maximum atomic E-state index is 11.9. The van der Waals surface area contributed by atoms with E-state index in [0.29, 0.717) is 30.4 Å². The van der Waals surface area contributed by atoms with Gasteiger partial charge in [0.05, 0.1) is 0 Å². The van der Waals surface area contributed by atoms with Crippen molar-refractivity contribution >= 4 is 17.5 Å². The lowest BCUT2D eigenvalue weighted by Crippen LogP contribution is -2.31. The summed E-state index contributed by atoms with van der Waals surface area (Å²) in [6, 6.07) is 1.72. The van der Waals surface area contributed by atoms with Crippen LogP contribution in [0.4, 0.5) is 11.6 Å². The molecular formula is C13H24N6O. The van der Waals surface area contributed by atoms with Crippen LogP contribution in [0, 0.1) is 0 Å². The summed E-state index contributed by atoms with van der Waals surface area (Å²) in [5.74, 6) is 7.46. The van der Waals surface area contributed by atoms with E-state index in [4.69, 9.17) is 5.84 Å². The van der Waals surface area contributed by atoms with E-state index in [0.717, 1.165) is 19.5 Å². The van der Waals surface area contributed by atoms with Gasteiger partial charge in [-0.1, -0.05) is 6.92 Å². The quantitative estimate of drug-likeness (QED) is 0.485. The number of rotatable bonds is 8. The molecule has 7 heteroatoms. The van der Waals surface area contributed by atoms with Crippen LogP contribution in [0.3, 0.4) is 0 Å². The first-order valence-electron chi connectivity index (χ1n) is 7.00. The van der Waals surface area contributed by atoms with Crippen LogP contribution in [0.25, 0.3) is 0 Å². The van der Waals surface area contributed by atoms with E-state index in [9.17, 15) is 4.79 Å². The molecular weight excluding hydrogens is 256 g/mol. The lowest BCUT2D eigenvalue weighted by atomic mass is 10.3. The molecule has 0 aliphatic carbocycles. The van der Waals surface area contributed by atoms with Gasteiger partial charge in [-0.2, -0.15) is 0 Å². The van der Waals surface area contributed by atoms with Crippen LogP contribution < -0.4 is 16.6 Å². The number of anilines is 2. The number of hydrogen-bond acceptors (Lipinski definition) is 6. The molecule has 0 saturated heterocycles. The largest absolute Gasteiger partial charge is 0.369 e. The molecule has 0 spiro atoms. The number of nitrogen functional groups attached to an aromatic ring is 1. The monoisotopic (exact) mass is 280 g/mol. The highest BCUT2D eigenvalue weighted by Gasteiger charge is 2.09. The third-order valence-electron chi connectivity index (χ3n) is 3.00. The molecule has 0 aliphatic heterocycles. The van der Waals surface area contributed by atoms with Crippen molar-refractivity contribution in [3.05, 3.63) is 11.9 Å². The highest BCUT2D eigenvalue weighted by molar-refractivity contribution is 5.76. The summed E-state index contributed by atoms with van der Waals surface area (Å²) in [6.45, 7) is 7.95. The number of aryl methyl sites for hydroxylation is 1. The van der Waals surface area contributed by atoms with Crippen LogP contribution in [0.15, 0.2) is 6.07 Å². The van der Waals surface area contributed by atoms with Crippen molar-refractivity contribution in [1.29, 1.82) is 0 Å². The van der Waals surface area contributed by atoms with E-state index in [1.54, 1.807) is 6.07 Å². The lowest BCUT2D eigenvalue weighted by molar-refractivity contribution is -0.130. The van der Waals surface area contributed by atoms with E-state index in [1.165, 1.54) is 0 Å². The minimum atomic E-state index is 0.143. The van der Waals surface area contributed by atoms with Crippen LogP contribution in [0.2, 0.25) is 0 Å². The van der Waals surface area contributed by atoms with Crippen molar-refractivity contribution in [1.82, 2.24) is 14.9 Å². The number of nitrogens with two attached hydrogens (primary N) is 1. The Hall–Kier alpha value is -1.89. The number of carbonyl (C=O) groups excluding carboxylic acids is 1. The van der Waals surface area contributed by atoms with Crippen LogP contribution in [-0.2, 0) is 11.2 Å². The minimum Gasteiger partial charge on any atom is -0.369 e. The lowest BCUT2D eigenvalue weighted by Gasteiger charge is -2.18. The average molecular weight is 280 g/mol. The van der Waals surface area contributed by atoms with Gasteiger partial charge in [-0.25, -0.2) is 15.8 Å². The van der Waals surface area contributed by atoms with Crippen LogP contribution in [0.5, 0.6) is 0 Å². The SMILES string of the molecule is CCc1nc(NN)cc(NCCC(=O)N(CC)CC)n1. The zero-order valence-electron chi connectivity index (χ0n) is 12.4. The first kappa shape index (κ1) is 16.2. The van der Waals surface area contributed by atoms with Crippen molar-refractivity contribution in [3.8, 4) is 0 Å². The Kier molecular flexibility index (Phi) is 6.72. The van der Waals surface area contributed by atoms with E-state index >= 15 is 0 Å². The molecule has 0 fully saturated rings. The Labute approximate surface area is 119 Å². The van der Waals surface area contributed by atoms with Gasteiger partial charge in [0.15, 0.2) is 0 Å². The number of nitrogens with zero attached hydrogens (tertiary/aromatic N) is 3. The van der Waals surface area contributed by atoms with Crippen LogP contribution >= 0.6 is 0 Å². The minimum absolute atomic E-state index is 0.143. The molecule has 20 heavy (non-hydrogen) atoms. The summed E-state index contributed by atoms with van der Waals surface area (Å²) >= 11 is 0.